The molecule has 1 aliphatic rings. The molecule has 150 valence electrons. The Kier molecular flexibility index (Phi) is 6.87. The second-order valence-corrected chi connectivity index (χ2v) is 7.21. The van der Waals surface area contributed by atoms with Crippen LogP contribution in [0, 0.1) is 6.92 Å². The number of rotatable bonds is 5. The van der Waals surface area contributed by atoms with Crippen LogP contribution in [0.15, 0.2) is 47.5 Å². The zero-order valence-corrected chi connectivity index (χ0v) is 17.4. The van der Waals surface area contributed by atoms with Gasteiger partial charge in [-0.2, -0.15) is 0 Å². The van der Waals surface area contributed by atoms with E-state index in [9.17, 15) is 0 Å². The number of pyridine rings is 1. The van der Waals surface area contributed by atoms with Gasteiger partial charge in [0.25, 0.3) is 0 Å². The number of guanidine groups is 1. The molecule has 1 saturated heterocycles. The predicted octanol–water partition coefficient (Wildman–Crippen LogP) is 3.00. The van der Waals surface area contributed by atoms with Crippen LogP contribution in [0.2, 0.25) is 0 Å². The second-order valence-electron chi connectivity index (χ2n) is 7.21. The van der Waals surface area contributed by atoms with Gasteiger partial charge in [-0.1, -0.05) is 30.3 Å². The Hall–Kier alpha value is -2.60. The van der Waals surface area contributed by atoms with Crippen molar-refractivity contribution in [3.05, 3.63) is 59.3 Å². The first-order valence-electron chi connectivity index (χ1n) is 9.92. The first-order valence-corrected chi connectivity index (χ1v) is 9.92. The van der Waals surface area contributed by atoms with E-state index in [0.29, 0.717) is 13.2 Å². The topological polar surface area (TPSA) is 53.0 Å². The summed E-state index contributed by atoms with van der Waals surface area (Å²) in [5.41, 5.74) is 3.48. The molecular weight excluding hydrogens is 350 g/mol. The minimum Gasteiger partial charge on any atom is -0.370 e. The zero-order chi connectivity index (χ0) is 19.9. The molecule has 1 fully saturated rings. The summed E-state index contributed by atoms with van der Waals surface area (Å²) in [4.78, 5) is 13.8. The number of hydrogen-bond donors (Lipinski definition) is 1. The molecule has 1 aromatic carbocycles. The Labute approximate surface area is 168 Å². The summed E-state index contributed by atoms with van der Waals surface area (Å²) in [7, 11) is 4.00. The van der Waals surface area contributed by atoms with Gasteiger partial charge in [0.05, 0.1) is 25.4 Å². The van der Waals surface area contributed by atoms with Gasteiger partial charge in [0, 0.05) is 27.2 Å². The van der Waals surface area contributed by atoms with Crippen LogP contribution in [0.4, 0.5) is 5.82 Å². The number of aryl methyl sites for hydroxylation is 1. The smallest absolute Gasteiger partial charge is 0.194 e. The molecule has 2 heterocycles. The number of aliphatic imine (C=N–C) groups is 1. The fraction of sp³-hybridized carbons (Fsp3) is 0.455. The van der Waals surface area contributed by atoms with Crippen molar-refractivity contribution >= 4 is 11.8 Å². The second kappa shape index (κ2) is 9.55. The molecule has 6 heteroatoms. The van der Waals surface area contributed by atoms with E-state index >= 15 is 0 Å². The molecule has 0 bridgehead atoms. The van der Waals surface area contributed by atoms with Crippen LogP contribution in [0.5, 0.6) is 0 Å². The monoisotopic (exact) mass is 381 g/mol. The van der Waals surface area contributed by atoms with Gasteiger partial charge < -0.3 is 19.9 Å². The van der Waals surface area contributed by atoms with E-state index < -0.39 is 0 Å². The fourth-order valence-corrected chi connectivity index (χ4v) is 3.36. The fourth-order valence-electron chi connectivity index (χ4n) is 3.36. The van der Waals surface area contributed by atoms with E-state index in [4.69, 9.17) is 9.73 Å². The summed E-state index contributed by atoms with van der Waals surface area (Å²) in [6.45, 7) is 7.94. The molecule has 1 N–H and O–H groups in total. The number of benzene rings is 1. The number of ether oxygens (including phenoxy) is 1. The van der Waals surface area contributed by atoms with Crippen LogP contribution in [-0.4, -0.2) is 56.2 Å². The van der Waals surface area contributed by atoms with Crippen molar-refractivity contribution < 1.29 is 4.74 Å². The molecule has 0 spiro atoms. The third-order valence-electron chi connectivity index (χ3n) is 4.88. The average molecular weight is 382 g/mol. The van der Waals surface area contributed by atoms with Gasteiger partial charge in [0.15, 0.2) is 5.96 Å². The summed E-state index contributed by atoms with van der Waals surface area (Å²) < 4.78 is 6.07. The maximum absolute atomic E-state index is 6.07. The first-order chi connectivity index (χ1) is 13.6. The van der Waals surface area contributed by atoms with E-state index in [1.807, 2.05) is 37.2 Å². The highest BCUT2D eigenvalue weighted by atomic mass is 16.5. The van der Waals surface area contributed by atoms with Gasteiger partial charge in [0.2, 0.25) is 0 Å². The van der Waals surface area contributed by atoms with Crippen molar-refractivity contribution in [3.63, 3.8) is 0 Å². The minimum absolute atomic E-state index is 0.0639. The zero-order valence-electron chi connectivity index (χ0n) is 17.4. The van der Waals surface area contributed by atoms with Crippen LogP contribution in [0.25, 0.3) is 0 Å². The summed E-state index contributed by atoms with van der Waals surface area (Å²) >= 11 is 0. The van der Waals surface area contributed by atoms with E-state index in [1.54, 1.807) is 0 Å². The standard InChI is InChI=1S/C22H31N5O/c1-5-23-22(24-15-18-10-8-12-21(25-18)26(3)4)27-13-14-28-20(16-27)19-11-7-6-9-17(19)2/h6-12,20H,5,13-16H2,1-4H3,(H,23,24). The molecule has 1 unspecified atom stereocenters. The maximum atomic E-state index is 6.07. The lowest BCUT2D eigenvalue weighted by molar-refractivity contribution is -0.00834. The van der Waals surface area contributed by atoms with Crippen molar-refractivity contribution in [1.82, 2.24) is 15.2 Å². The number of nitrogens with zero attached hydrogens (tertiary/aromatic N) is 4. The van der Waals surface area contributed by atoms with Crippen LogP contribution >= 0.6 is 0 Å². The summed E-state index contributed by atoms with van der Waals surface area (Å²) in [5.74, 6) is 1.87. The highest BCUT2D eigenvalue weighted by Gasteiger charge is 2.25. The third kappa shape index (κ3) is 5.01. The van der Waals surface area contributed by atoms with Gasteiger partial charge in [-0.15, -0.1) is 0 Å². The van der Waals surface area contributed by atoms with E-state index in [-0.39, 0.29) is 6.10 Å². The SMILES string of the molecule is CCNC(=NCc1cccc(N(C)C)n1)N1CCOC(c2ccccc2C)C1. The number of aromatic nitrogens is 1. The highest BCUT2D eigenvalue weighted by Crippen LogP contribution is 2.25. The normalized spacial score (nSPS) is 17.5. The van der Waals surface area contributed by atoms with Crippen LogP contribution in [-0.2, 0) is 11.3 Å². The van der Waals surface area contributed by atoms with Crippen molar-refractivity contribution in [2.45, 2.75) is 26.5 Å². The molecule has 1 aliphatic heterocycles. The van der Waals surface area contributed by atoms with Crippen molar-refractivity contribution in [2.75, 3.05) is 45.2 Å². The van der Waals surface area contributed by atoms with Gasteiger partial charge in [-0.25, -0.2) is 9.98 Å². The summed E-state index contributed by atoms with van der Waals surface area (Å²) in [6.07, 6.45) is 0.0639. The summed E-state index contributed by atoms with van der Waals surface area (Å²) in [5, 5.41) is 3.43. The lowest BCUT2D eigenvalue weighted by Crippen LogP contribution is -2.48. The lowest BCUT2D eigenvalue weighted by atomic mass is 10.0. The van der Waals surface area contributed by atoms with Crippen LogP contribution in [0.3, 0.4) is 0 Å². The van der Waals surface area contributed by atoms with Crippen molar-refractivity contribution in [2.24, 2.45) is 4.99 Å². The molecule has 6 nitrogen and oxygen atoms in total. The predicted molar refractivity (Wildman–Crippen MR) is 115 cm³/mol. The summed E-state index contributed by atoms with van der Waals surface area (Å²) in [6, 6.07) is 14.5. The van der Waals surface area contributed by atoms with Gasteiger partial charge >= 0.3 is 0 Å². The molecule has 0 aliphatic carbocycles. The highest BCUT2D eigenvalue weighted by molar-refractivity contribution is 5.80. The maximum Gasteiger partial charge on any atom is 0.194 e. The van der Waals surface area contributed by atoms with E-state index in [0.717, 1.165) is 37.1 Å². The Morgan fingerprint density at radius 2 is 2.07 bits per heavy atom. The van der Waals surface area contributed by atoms with Gasteiger partial charge in [0.1, 0.15) is 11.9 Å². The minimum atomic E-state index is 0.0639. The van der Waals surface area contributed by atoms with Crippen molar-refractivity contribution in [3.8, 4) is 0 Å². The Bertz CT molecular complexity index is 805. The number of nitrogens with one attached hydrogen (secondary N) is 1. The number of anilines is 1. The molecular formula is C22H31N5O. The quantitative estimate of drug-likeness (QED) is 0.637. The molecule has 0 amide bonds. The third-order valence-corrected chi connectivity index (χ3v) is 4.88. The van der Waals surface area contributed by atoms with Crippen molar-refractivity contribution in [1.29, 1.82) is 0 Å². The molecule has 0 saturated carbocycles. The lowest BCUT2D eigenvalue weighted by Gasteiger charge is -2.35. The molecule has 1 aromatic heterocycles. The average Bonchev–Trinajstić information content (AvgIpc) is 2.72. The number of hydrogen-bond acceptors (Lipinski definition) is 4. The Balaban J connectivity index is 1.74. The number of morpholine rings is 1. The van der Waals surface area contributed by atoms with E-state index in [2.05, 4.69) is 53.3 Å². The van der Waals surface area contributed by atoms with Gasteiger partial charge in [-0.05, 0) is 37.1 Å². The Morgan fingerprint density at radius 3 is 2.82 bits per heavy atom. The molecule has 3 rings (SSSR count). The Morgan fingerprint density at radius 1 is 1.25 bits per heavy atom. The first kappa shape index (κ1) is 20.1. The largest absolute Gasteiger partial charge is 0.370 e. The van der Waals surface area contributed by atoms with E-state index in [1.165, 1.54) is 11.1 Å². The van der Waals surface area contributed by atoms with Gasteiger partial charge in [-0.3, -0.25) is 0 Å². The molecule has 1 atom stereocenters. The molecule has 28 heavy (non-hydrogen) atoms. The molecule has 0 radical (unpaired) electrons. The van der Waals surface area contributed by atoms with Crippen LogP contribution in [0.1, 0.15) is 29.8 Å². The molecule has 2 aromatic rings. The van der Waals surface area contributed by atoms with Crippen LogP contribution < -0.4 is 10.2 Å².